The van der Waals surface area contributed by atoms with E-state index in [0.29, 0.717) is 46.4 Å². The van der Waals surface area contributed by atoms with Crippen molar-refractivity contribution in [2.45, 2.75) is 6.18 Å². The molecule has 164 valence electrons. The number of halogens is 4. The van der Waals surface area contributed by atoms with Crippen molar-refractivity contribution in [2.75, 3.05) is 18.5 Å². The van der Waals surface area contributed by atoms with Crippen LogP contribution in [0.1, 0.15) is 16.7 Å². The lowest BCUT2D eigenvalue weighted by molar-refractivity contribution is -0.137. The molecule has 0 atom stereocenters. The van der Waals surface area contributed by atoms with E-state index in [1.54, 1.807) is 42.5 Å². The maximum absolute atomic E-state index is 12.9. The number of carbonyl (C=O) groups is 1. The Morgan fingerprint density at radius 1 is 0.938 bits per heavy atom. The molecule has 1 amide bonds. The molecule has 3 aromatic carbocycles. The first kappa shape index (κ1) is 21.8. The molecule has 1 heterocycles. The molecule has 4 nitrogen and oxygen atoms in total. The molecule has 1 aliphatic rings. The van der Waals surface area contributed by atoms with Gasteiger partial charge in [-0.1, -0.05) is 41.9 Å². The van der Waals surface area contributed by atoms with Crippen molar-refractivity contribution in [1.29, 1.82) is 0 Å². The highest BCUT2D eigenvalue weighted by Crippen LogP contribution is 2.38. The number of fused-ring (bicyclic) bond motifs is 1. The van der Waals surface area contributed by atoms with Gasteiger partial charge in [-0.05, 0) is 48.0 Å². The number of rotatable bonds is 6. The van der Waals surface area contributed by atoms with Gasteiger partial charge in [-0.15, -0.1) is 0 Å². The zero-order valence-electron chi connectivity index (χ0n) is 16.6. The van der Waals surface area contributed by atoms with E-state index >= 15 is 0 Å². The predicted molar refractivity (Wildman–Crippen MR) is 117 cm³/mol. The molecule has 32 heavy (non-hydrogen) atoms. The van der Waals surface area contributed by atoms with E-state index in [1.165, 1.54) is 6.07 Å². The van der Waals surface area contributed by atoms with Gasteiger partial charge in [0, 0.05) is 16.8 Å². The van der Waals surface area contributed by atoms with Gasteiger partial charge < -0.3 is 14.8 Å². The lowest BCUT2D eigenvalue weighted by atomic mass is 10.0. The third kappa shape index (κ3) is 4.89. The summed E-state index contributed by atoms with van der Waals surface area (Å²) in [5.41, 5.74) is 0.783. The minimum Gasteiger partial charge on any atom is -0.490 e. The van der Waals surface area contributed by atoms with E-state index in [-0.39, 0.29) is 5.69 Å². The highest BCUT2D eigenvalue weighted by Gasteiger charge is 2.33. The molecule has 1 N–H and O–H groups in total. The average molecular weight is 460 g/mol. The number of carbonyl (C=O) groups excluding carboxylic acids is 1. The largest absolute Gasteiger partial charge is 0.490 e. The molecule has 0 fully saturated rings. The molecule has 0 saturated carbocycles. The van der Waals surface area contributed by atoms with E-state index in [1.807, 2.05) is 12.1 Å². The molecule has 0 spiro atoms. The van der Waals surface area contributed by atoms with Gasteiger partial charge >= 0.3 is 6.18 Å². The van der Waals surface area contributed by atoms with Gasteiger partial charge in [0.1, 0.15) is 24.7 Å². The summed E-state index contributed by atoms with van der Waals surface area (Å²) < 4.78 is 49.9. The Hall–Kier alpha value is -3.45. The standard InChI is InChI=1S/C24H17ClF3NO3/c25-20-3-1-2-4-22(20)32-12-11-31-17-8-5-15(6-9-17)13-19-18-10-7-16(24(26,27)28)14-21(18)29-23(19)30/h1-10,13-14H,11-12H2,(H,29,30)/b19-13+. The van der Waals surface area contributed by atoms with E-state index in [2.05, 4.69) is 5.32 Å². The van der Waals surface area contributed by atoms with Gasteiger partial charge in [0.2, 0.25) is 0 Å². The second-order valence-electron chi connectivity index (χ2n) is 6.97. The lowest BCUT2D eigenvalue weighted by Crippen LogP contribution is -2.09. The molecular formula is C24H17ClF3NO3. The molecule has 8 heteroatoms. The lowest BCUT2D eigenvalue weighted by Gasteiger charge is -2.09. The third-order valence-electron chi connectivity index (χ3n) is 4.77. The number of benzene rings is 3. The van der Waals surface area contributed by atoms with Gasteiger partial charge in [-0.3, -0.25) is 4.79 Å². The van der Waals surface area contributed by atoms with Gasteiger partial charge in [-0.2, -0.15) is 13.2 Å². The van der Waals surface area contributed by atoms with Crippen LogP contribution in [0.5, 0.6) is 11.5 Å². The van der Waals surface area contributed by atoms with Crippen molar-refractivity contribution < 1.29 is 27.4 Å². The number of amides is 1. The summed E-state index contributed by atoms with van der Waals surface area (Å²) in [5.74, 6) is 0.745. The molecular weight excluding hydrogens is 443 g/mol. The summed E-state index contributed by atoms with van der Waals surface area (Å²) in [6, 6.07) is 17.4. The van der Waals surface area contributed by atoms with Crippen molar-refractivity contribution in [3.63, 3.8) is 0 Å². The van der Waals surface area contributed by atoms with Gasteiger partial charge in [0.25, 0.3) is 5.91 Å². The molecule has 0 aromatic heterocycles. The third-order valence-corrected chi connectivity index (χ3v) is 5.08. The molecule has 4 rings (SSSR count). The fourth-order valence-electron chi connectivity index (χ4n) is 3.21. The van der Waals surface area contributed by atoms with Crippen LogP contribution >= 0.6 is 11.6 Å². The minimum atomic E-state index is -4.47. The summed E-state index contributed by atoms with van der Waals surface area (Å²) in [5, 5.41) is 3.01. The van der Waals surface area contributed by atoms with Crippen LogP contribution in [0.3, 0.4) is 0 Å². The van der Waals surface area contributed by atoms with Crippen LogP contribution in [-0.2, 0) is 11.0 Å². The van der Waals surface area contributed by atoms with E-state index in [4.69, 9.17) is 21.1 Å². The summed E-state index contributed by atoms with van der Waals surface area (Å²) >= 11 is 6.03. The average Bonchev–Trinajstić information content (AvgIpc) is 3.07. The molecule has 1 aliphatic heterocycles. The topological polar surface area (TPSA) is 47.6 Å². The number of hydrogen-bond donors (Lipinski definition) is 1. The van der Waals surface area contributed by atoms with E-state index in [9.17, 15) is 18.0 Å². The Labute approximate surface area is 187 Å². The quantitative estimate of drug-likeness (QED) is 0.347. The Morgan fingerprint density at radius 3 is 2.38 bits per heavy atom. The highest BCUT2D eigenvalue weighted by atomic mass is 35.5. The summed E-state index contributed by atoms with van der Waals surface area (Å²) in [6.07, 6.45) is -2.85. The highest BCUT2D eigenvalue weighted by molar-refractivity contribution is 6.35. The number of anilines is 1. The Morgan fingerprint density at radius 2 is 1.66 bits per heavy atom. The zero-order valence-corrected chi connectivity index (χ0v) is 17.3. The Balaban J connectivity index is 1.39. The zero-order chi connectivity index (χ0) is 22.7. The predicted octanol–water partition coefficient (Wildman–Crippen LogP) is 6.31. The maximum atomic E-state index is 12.9. The summed E-state index contributed by atoms with van der Waals surface area (Å²) in [6.45, 7) is 0.620. The number of hydrogen-bond acceptors (Lipinski definition) is 3. The molecule has 0 unspecified atom stereocenters. The van der Waals surface area contributed by atoms with Crippen molar-refractivity contribution in [2.24, 2.45) is 0 Å². The number of nitrogens with one attached hydrogen (secondary N) is 1. The smallest absolute Gasteiger partial charge is 0.416 e. The van der Waals surface area contributed by atoms with Crippen LogP contribution in [0.4, 0.5) is 18.9 Å². The first-order valence-corrected chi connectivity index (χ1v) is 10.0. The Bertz CT molecular complexity index is 1170. The van der Waals surface area contributed by atoms with Crippen molar-refractivity contribution in [1.82, 2.24) is 0 Å². The van der Waals surface area contributed by atoms with Gasteiger partial charge in [0.05, 0.1) is 10.6 Å². The van der Waals surface area contributed by atoms with Crippen LogP contribution in [0, 0.1) is 0 Å². The summed E-state index contributed by atoms with van der Waals surface area (Å²) in [4.78, 5) is 12.3. The second kappa shape index (κ2) is 8.96. The maximum Gasteiger partial charge on any atom is 0.416 e. The van der Waals surface area contributed by atoms with Crippen LogP contribution in [0.2, 0.25) is 5.02 Å². The molecule has 0 saturated heterocycles. The SMILES string of the molecule is O=C1Nc2cc(C(F)(F)F)ccc2/C1=C\c1ccc(OCCOc2ccccc2Cl)cc1. The molecule has 0 radical (unpaired) electrons. The first-order valence-electron chi connectivity index (χ1n) is 9.66. The fourth-order valence-corrected chi connectivity index (χ4v) is 3.40. The van der Waals surface area contributed by atoms with Crippen LogP contribution < -0.4 is 14.8 Å². The number of para-hydroxylation sites is 1. The number of ether oxygens (including phenoxy) is 2. The van der Waals surface area contributed by atoms with E-state index in [0.717, 1.165) is 12.1 Å². The number of alkyl halides is 3. The molecule has 3 aromatic rings. The molecule has 0 bridgehead atoms. The van der Waals surface area contributed by atoms with Crippen LogP contribution in [0.25, 0.3) is 11.6 Å². The van der Waals surface area contributed by atoms with E-state index < -0.39 is 17.6 Å². The Kier molecular flexibility index (Phi) is 6.10. The fraction of sp³-hybridized carbons (Fsp3) is 0.125. The molecule has 0 aliphatic carbocycles. The second-order valence-corrected chi connectivity index (χ2v) is 7.37. The van der Waals surface area contributed by atoms with Crippen LogP contribution in [0.15, 0.2) is 66.7 Å². The van der Waals surface area contributed by atoms with Crippen molar-refractivity contribution in [3.8, 4) is 11.5 Å². The monoisotopic (exact) mass is 459 g/mol. The van der Waals surface area contributed by atoms with Crippen molar-refractivity contribution >= 4 is 34.8 Å². The summed E-state index contributed by atoms with van der Waals surface area (Å²) in [7, 11) is 0. The van der Waals surface area contributed by atoms with Crippen molar-refractivity contribution in [3.05, 3.63) is 88.4 Å². The van der Waals surface area contributed by atoms with Gasteiger partial charge in [-0.25, -0.2) is 0 Å². The minimum absolute atomic E-state index is 0.148. The van der Waals surface area contributed by atoms with Gasteiger partial charge in [0.15, 0.2) is 0 Å². The van der Waals surface area contributed by atoms with Crippen LogP contribution in [-0.4, -0.2) is 19.1 Å². The first-order chi connectivity index (χ1) is 15.3. The normalized spacial score (nSPS) is 14.2.